The van der Waals surface area contributed by atoms with Crippen molar-refractivity contribution >= 4 is 34.8 Å². The number of nitrogens with one attached hydrogen (secondary N) is 1. The van der Waals surface area contributed by atoms with Crippen molar-refractivity contribution in [2.24, 2.45) is 0 Å². The van der Waals surface area contributed by atoms with Gasteiger partial charge in [-0.2, -0.15) is 8.78 Å². The van der Waals surface area contributed by atoms with E-state index in [2.05, 4.69) is 10.1 Å². The van der Waals surface area contributed by atoms with Gasteiger partial charge in [-0.1, -0.05) is 11.6 Å². The number of halogens is 4. The van der Waals surface area contributed by atoms with Gasteiger partial charge in [-0.15, -0.1) is 11.6 Å². The maximum Gasteiger partial charge on any atom is 0.387 e. The van der Waals surface area contributed by atoms with Crippen LogP contribution in [0.5, 0.6) is 5.75 Å². The molecule has 0 aliphatic heterocycles. The van der Waals surface area contributed by atoms with Gasteiger partial charge in [0, 0.05) is 6.07 Å². The Balaban J connectivity index is 2.79. The molecule has 1 aromatic carbocycles. The molecule has 88 valence electrons. The van der Waals surface area contributed by atoms with Crippen molar-refractivity contribution in [2.45, 2.75) is 6.61 Å². The third kappa shape index (κ3) is 3.83. The van der Waals surface area contributed by atoms with Gasteiger partial charge in [-0.05, 0) is 12.1 Å². The van der Waals surface area contributed by atoms with Crippen molar-refractivity contribution in [3.05, 3.63) is 23.2 Å². The number of anilines is 1. The molecule has 7 heteroatoms. The van der Waals surface area contributed by atoms with E-state index < -0.39 is 12.5 Å². The molecule has 0 fully saturated rings. The van der Waals surface area contributed by atoms with Crippen LogP contribution < -0.4 is 10.1 Å². The Bertz CT molecular complexity index is 388. The molecule has 0 aliphatic carbocycles. The smallest absolute Gasteiger partial charge is 0.387 e. The van der Waals surface area contributed by atoms with E-state index in [9.17, 15) is 13.6 Å². The predicted molar refractivity (Wildman–Crippen MR) is 57.4 cm³/mol. The molecule has 1 rings (SSSR count). The van der Waals surface area contributed by atoms with Gasteiger partial charge in [0.25, 0.3) is 0 Å². The van der Waals surface area contributed by atoms with E-state index in [1.807, 2.05) is 0 Å². The highest BCUT2D eigenvalue weighted by Crippen LogP contribution is 2.27. The predicted octanol–water partition coefficient (Wildman–Crippen LogP) is 3.12. The Kier molecular flexibility index (Phi) is 4.76. The summed E-state index contributed by atoms with van der Waals surface area (Å²) in [7, 11) is 0. The molecule has 1 aromatic rings. The monoisotopic (exact) mass is 269 g/mol. The Hall–Kier alpha value is -1.07. The van der Waals surface area contributed by atoms with E-state index in [1.54, 1.807) is 0 Å². The summed E-state index contributed by atoms with van der Waals surface area (Å²) in [5.74, 6) is -0.735. The summed E-state index contributed by atoms with van der Waals surface area (Å²) >= 11 is 11.0. The van der Waals surface area contributed by atoms with Crippen LogP contribution in [-0.4, -0.2) is 18.4 Å². The van der Waals surface area contributed by atoms with Gasteiger partial charge < -0.3 is 10.1 Å². The van der Waals surface area contributed by atoms with Gasteiger partial charge in [-0.25, -0.2) is 0 Å². The molecular weight excluding hydrogens is 263 g/mol. The third-order valence-electron chi connectivity index (χ3n) is 1.56. The quantitative estimate of drug-likeness (QED) is 0.853. The van der Waals surface area contributed by atoms with Crippen molar-refractivity contribution < 1.29 is 18.3 Å². The molecule has 0 aromatic heterocycles. The van der Waals surface area contributed by atoms with Gasteiger partial charge in [0.15, 0.2) is 0 Å². The fraction of sp³-hybridized carbons (Fsp3) is 0.222. The Morgan fingerprint density at radius 3 is 2.69 bits per heavy atom. The highest BCUT2D eigenvalue weighted by Gasteiger charge is 2.08. The number of carbonyl (C=O) groups excluding carboxylic acids is 1. The van der Waals surface area contributed by atoms with Gasteiger partial charge in [0.05, 0.1) is 10.7 Å². The average Bonchev–Trinajstić information content (AvgIpc) is 2.21. The number of amides is 1. The van der Waals surface area contributed by atoms with Crippen molar-refractivity contribution in [3.63, 3.8) is 0 Å². The standard InChI is InChI=1S/C9H7Cl2F2NO2/c10-4-8(15)14-7-2-1-5(3-6(7)11)16-9(12)13/h1-3,9H,4H2,(H,14,15). The maximum atomic E-state index is 11.9. The summed E-state index contributed by atoms with van der Waals surface area (Å²) in [6.45, 7) is -2.92. The fourth-order valence-corrected chi connectivity index (χ4v) is 1.24. The second kappa shape index (κ2) is 5.86. The van der Waals surface area contributed by atoms with E-state index in [0.29, 0.717) is 0 Å². The first kappa shape index (κ1) is 13.0. The lowest BCUT2D eigenvalue weighted by Crippen LogP contribution is -2.12. The van der Waals surface area contributed by atoms with Gasteiger partial charge in [-0.3, -0.25) is 4.79 Å². The molecule has 0 saturated heterocycles. The van der Waals surface area contributed by atoms with Crippen molar-refractivity contribution in [1.29, 1.82) is 0 Å². The zero-order valence-corrected chi connectivity index (χ0v) is 9.36. The van der Waals surface area contributed by atoms with Crippen LogP contribution in [0.25, 0.3) is 0 Å². The molecule has 0 unspecified atom stereocenters. The molecular formula is C9H7Cl2F2NO2. The lowest BCUT2D eigenvalue weighted by molar-refractivity contribution is -0.113. The number of hydrogen-bond donors (Lipinski definition) is 1. The summed E-state index contributed by atoms with van der Waals surface area (Å²) in [6.07, 6.45) is 0. The highest BCUT2D eigenvalue weighted by atomic mass is 35.5. The second-order valence-corrected chi connectivity index (χ2v) is 3.38. The maximum absolute atomic E-state index is 11.9. The van der Waals surface area contributed by atoms with Crippen LogP contribution in [0.2, 0.25) is 5.02 Å². The molecule has 0 aliphatic rings. The van der Waals surface area contributed by atoms with Gasteiger partial charge in [0.1, 0.15) is 11.6 Å². The number of hydrogen-bond acceptors (Lipinski definition) is 2. The topological polar surface area (TPSA) is 38.3 Å². The zero-order chi connectivity index (χ0) is 12.1. The van der Waals surface area contributed by atoms with Crippen LogP contribution in [0.15, 0.2) is 18.2 Å². The van der Waals surface area contributed by atoms with E-state index in [4.69, 9.17) is 23.2 Å². The average molecular weight is 270 g/mol. The Morgan fingerprint density at radius 1 is 1.50 bits per heavy atom. The van der Waals surface area contributed by atoms with Crippen LogP contribution in [0.1, 0.15) is 0 Å². The van der Waals surface area contributed by atoms with E-state index >= 15 is 0 Å². The van der Waals surface area contributed by atoms with Crippen LogP contribution in [0, 0.1) is 0 Å². The van der Waals surface area contributed by atoms with E-state index in [1.165, 1.54) is 18.2 Å². The van der Waals surface area contributed by atoms with E-state index in [-0.39, 0.29) is 22.3 Å². The number of alkyl halides is 3. The molecule has 0 bridgehead atoms. The van der Waals surface area contributed by atoms with E-state index in [0.717, 1.165) is 0 Å². The minimum atomic E-state index is -2.92. The second-order valence-electron chi connectivity index (χ2n) is 2.70. The highest BCUT2D eigenvalue weighted by molar-refractivity contribution is 6.34. The Labute approximate surface area is 100 Å². The van der Waals surface area contributed by atoms with Crippen LogP contribution in [0.3, 0.4) is 0 Å². The first-order valence-electron chi connectivity index (χ1n) is 4.13. The molecule has 3 nitrogen and oxygen atoms in total. The van der Waals surface area contributed by atoms with Crippen LogP contribution in [0.4, 0.5) is 14.5 Å². The van der Waals surface area contributed by atoms with Crippen molar-refractivity contribution in [3.8, 4) is 5.75 Å². The van der Waals surface area contributed by atoms with Gasteiger partial charge in [0.2, 0.25) is 5.91 Å². The first-order valence-corrected chi connectivity index (χ1v) is 5.04. The zero-order valence-electron chi connectivity index (χ0n) is 7.84. The molecule has 0 heterocycles. The van der Waals surface area contributed by atoms with Crippen molar-refractivity contribution in [1.82, 2.24) is 0 Å². The summed E-state index contributed by atoms with van der Waals surface area (Å²) < 4.78 is 27.9. The number of rotatable bonds is 4. The van der Waals surface area contributed by atoms with Crippen LogP contribution >= 0.6 is 23.2 Å². The number of ether oxygens (including phenoxy) is 1. The van der Waals surface area contributed by atoms with Gasteiger partial charge >= 0.3 is 6.61 Å². The molecule has 0 saturated carbocycles. The molecule has 16 heavy (non-hydrogen) atoms. The lowest BCUT2D eigenvalue weighted by Gasteiger charge is -2.08. The summed E-state index contributed by atoms with van der Waals surface area (Å²) in [5, 5.41) is 2.49. The molecule has 0 radical (unpaired) electrons. The number of carbonyl (C=O) groups is 1. The fourth-order valence-electron chi connectivity index (χ4n) is 0.957. The first-order chi connectivity index (χ1) is 7.52. The normalized spacial score (nSPS) is 10.3. The minimum Gasteiger partial charge on any atom is -0.435 e. The molecule has 0 spiro atoms. The molecule has 1 N–H and O–H groups in total. The lowest BCUT2D eigenvalue weighted by atomic mass is 10.3. The minimum absolute atomic E-state index is 0.0797. The van der Waals surface area contributed by atoms with Crippen molar-refractivity contribution in [2.75, 3.05) is 11.2 Å². The third-order valence-corrected chi connectivity index (χ3v) is 2.12. The molecule has 1 amide bonds. The summed E-state index contributed by atoms with van der Waals surface area (Å²) in [5.41, 5.74) is 0.286. The molecule has 0 atom stereocenters. The Morgan fingerprint density at radius 2 is 2.19 bits per heavy atom. The van der Waals surface area contributed by atoms with Crippen LogP contribution in [-0.2, 0) is 4.79 Å². The number of benzene rings is 1. The summed E-state index contributed by atoms with van der Waals surface area (Å²) in [4.78, 5) is 10.9. The summed E-state index contributed by atoms with van der Waals surface area (Å²) in [6, 6.07) is 3.80. The largest absolute Gasteiger partial charge is 0.435 e. The SMILES string of the molecule is O=C(CCl)Nc1ccc(OC(F)F)cc1Cl.